The quantitative estimate of drug-likeness (QED) is 0.899. The van der Waals surface area contributed by atoms with Crippen LogP contribution in [0.25, 0.3) is 0 Å². The van der Waals surface area contributed by atoms with Crippen molar-refractivity contribution in [2.75, 3.05) is 13.7 Å². The first kappa shape index (κ1) is 13.9. The van der Waals surface area contributed by atoms with Gasteiger partial charge in [-0.25, -0.2) is 0 Å². The van der Waals surface area contributed by atoms with E-state index in [1.165, 1.54) is 0 Å². The van der Waals surface area contributed by atoms with Crippen molar-refractivity contribution in [3.63, 3.8) is 0 Å². The lowest BCUT2D eigenvalue weighted by atomic mass is 9.98. The van der Waals surface area contributed by atoms with Crippen LogP contribution < -0.4 is 10.5 Å². The number of methoxy groups -OCH3 is 1. The molecular formula is C15H22N2O2. The molecule has 0 aliphatic carbocycles. The molecule has 4 nitrogen and oxygen atoms in total. The number of nitrogens with two attached hydrogens (primary N) is 1. The smallest absolute Gasteiger partial charge is 0.227 e. The summed E-state index contributed by atoms with van der Waals surface area (Å²) in [5.41, 5.74) is 6.87. The molecule has 1 aromatic carbocycles. The van der Waals surface area contributed by atoms with Gasteiger partial charge in [-0.1, -0.05) is 18.2 Å². The number of piperidine rings is 1. The lowest BCUT2D eigenvalue weighted by molar-refractivity contribution is -0.133. The Morgan fingerprint density at radius 2 is 2.21 bits per heavy atom. The molecule has 1 fully saturated rings. The van der Waals surface area contributed by atoms with Gasteiger partial charge in [-0.2, -0.15) is 0 Å². The predicted molar refractivity (Wildman–Crippen MR) is 75.1 cm³/mol. The number of hydrogen-bond donors (Lipinski definition) is 1. The lowest BCUT2D eigenvalue weighted by Gasteiger charge is -2.36. The zero-order chi connectivity index (χ0) is 13.8. The normalized spacial score (nSPS) is 23.2. The van der Waals surface area contributed by atoms with Crippen LogP contribution in [-0.2, 0) is 11.2 Å². The van der Waals surface area contributed by atoms with Gasteiger partial charge in [0.25, 0.3) is 0 Å². The van der Waals surface area contributed by atoms with Gasteiger partial charge in [-0.05, 0) is 25.8 Å². The van der Waals surface area contributed by atoms with E-state index >= 15 is 0 Å². The summed E-state index contributed by atoms with van der Waals surface area (Å²) in [7, 11) is 1.63. The SMILES string of the molecule is COc1ccccc1CC(=O)N1CCC(N)CC1C. The third-order valence-corrected chi connectivity index (χ3v) is 3.77. The first-order valence-corrected chi connectivity index (χ1v) is 6.78. The molecule has 2 unspecified atom stereocenters. The second-order valence-electron chi connectivity index (χ2n) is 5.21. The van der Waals surface area contributed by atoms with Crippen molar-refractivity contribution in [1.82, 2.24) is 4.90 Å². The number of likely N-dealkylation sites (tertiary alicyclic amines) is 1. The van der Waals surface area contributed by atoms with Gasteiger partial charge in [0, 0.05) is 24.2 Å². The predicted octanol–water partition coefficient (Wildman–Crippen LogP) is 1.58. The molecule has 4 heteroatoms. The van der Waals surface area contributed by atoms with Crippen molar-refractivity contribution in [2.45, 2.75) is 38.3 Å². The molecule has 1 aliphatic heterocycles. The summed E-state index contributed by atoms with van der Waals surface area (Å²) >= 11 is 0. The molecule has 1 amide bonds. The molecule has 19 heavy (non-hydrogen) atoms. The second-order valence-corrected chi connectivity index (χ2v) is 5.21. The molecule has 0 bridgehead atoms. The molecule has 1 aliphatic rings. The first-order chi connectivity index (χ1) is 9.11. The van der Waals surface area contributed by atoms with Crippen LogP contribution in [0.3, 0.4) is 0 Å². The van der Waals surface area contributed by atoms with E-state index in [0.717, 1.165) is 30.7 Å². The van der Waals surface area contributed by atoms with Crippen LogP contribution in [0, 0.1) is 0 Å². The molecule has 1 aromatic rings. The number of ether oxygens (including phenoxy) is 1. The van der Waals surface area contributed by atoms with Crippen molar-refractivity contribution < 1.29 is 9.53 Å². The number of hydrogen-bond acceptors (Lipinski definition) is 3. The van der Waals surface area contributed by atoms with Crippen LogP contribution in [-0.4, -0.2) is 36.5 Å². The Morgan fingerprint density at radius 1 is 1.47 bits per heavy atom. The van der Waals surface area contributed by atoms with Crippen molar-refractivity contribution in [3.8, 4) is 5.75 Å². The Hall–Kier alpha value is -1.55. The van der Waals surface area contributed by atoms with Crippen LogP contribution >= 0.6 is 0 Å². The molecule has 1 saturated heterocycles. The fraction of sp³-hybridized carbons (Fsp3) is 0.533. The number of nitrogens with zero attached hydrogens (tertiary/aromatic N) is 1. The summed E-state index contributed by atoms with van der Waals surface area (Å²) in [5.74, 6) is 0.932. The van der Waals surface area contributed by atoms with Gasteiger partial charge in [0.1, 0.15) is 5.75 Å². The Kier molecular flexibility index (Phi) is 4.43. The van der Waals surface area contributed by atoms with Crippen LogP contribution in [0.5, 0.6) is 5.75 Å². The van der Waals surface area contributed by atoms with E-state index in [4.69, 9.17) is 10.5 Å². The van der Waals surface area contributed by atoms with Crippen molar-refractivity contribution >= 4 is 5.91 Å². The first-order valence-electron chi connectivity index (χ1n) is 6.78. The zero-order valence-electron chi connectivity index (χ0n) is 11.6. The summed E-state index contributed by atoms with van der Waals surface area (Å²) in [6.45, 7) is 2.83. The van der Waals surface area contributed by atoms with Gasteiger partial charge in [-0.15, -0.1) is 0 Å². The maximum Gasteiger partial charge on any atom is 0.227 e. The highest BCUT2D eigenvalue weighted by molar-refractivity contribution is 5.80. The Balaban J connectivity index is 2.04. The minimum Gasteiger partial charge on any atom is -0.496 e. The molecule has 0 spiro atoms. The molecule has 0 radical (unpaired) electrons. The highest BCUT2D eigenvalue weighted by Crippen LogP contribution is 2.21. The third kappa shape index (κ3) is 3.26. The third-order valence-electron chi connectivity index (χ3n) is 3.77. The molecule has 0 aromatic heterocycles. The number of rotatable bonds is 3. The standard InChI is InChI=1S/C15H22N2O2/c1-11-9-13(16)7-8-17(11)15(18)10-12-5-3-4-6-14(12)19-2/h3-6,11,13H,7-10,16H2,1-2H3. The largest absolute Gasteiger partial charge is 0.496 e. The zero-order valence-corrected chi connectivity index (χ0v) is 11.6. The van der Waals surface area contributed by atoms with E-state index in [1.54, 1.807) is 7.11 Å². The number of amides is 1. The van der Waals surface area contributed by atoms with E-state index in [1.807, 2.05) is 29.2 Å². The van der Waals surface area contributed by atoms with E-state index < -0.39 is 0 Å². The van der Waals surface area contributed by atoms with Crippen molar-refractivity contribution in [1.29, 1.82) is 0 Å². The van der Waals surface area contributed by atoms with Gasteiger partial charge in [-0.3, -0.25) is 4.79 Å². The summed E-state index contributed by atoms with van der Waals surface area (Å²) in [5, 5.41) is 0. The molecule has 2 N–H and O–H groups in total. The molecule has 2 rings (SSSR count). The molecule has 104 valence electrons. The van der Waals surface area contributed by atoms with Gasteiger partial charge >= 0.3 is 0 Å². The fourth-order valence-corrected chi connectivity index (χ4v) is 2.69. The summed E-state index contributed by atoms with van der Waals surface area (Å²) in [6, 6.07) is 8.13. The van der Waals surface area contributed by atoms with E-state index in [9.17, 15) is 4.79 Å². The lowest BCUT2D eigenvalue weighted by Crippen LogP contribution is -2.48. The topological polar surface area (TPSA) is 55.6 Å². The summed E-state index contributed by atoms with van der Waals surface area (Å²) < 4.78 is 5.29. The summed E-state index contributed by atoms with van der Waals surface area (Å²) in [4.78, 5) is 14.3. The monoisotopic (exact) mass is 262 g/mol. The van der Waals surface area contributed by atoms with Crippen molar-refractivity contribution in [2.24, 2.45) is 5.73 Å². The number of para-hydroxylation sites is 1. The molecule has 0 saturated carbocycles. The van der Waals surface area contributed by atoms with Gasteiger partial charge in [0.05, 0.1) is 13.5 Å². The molecule has 2 atom stereocenters. The Morgan fingerprint density at radius 3 is 2.89 bits per heavy atom. The maximum atomic E-state index is 12.4. The minimum atomic E-state index is 0.156. The van der Waals surface area contributed by atoms with Gasteiger partial charge in [0.15, 0.2) is 0 Å². The number of carbonyl (C=O) groups is 1. The van der Waals surface area contributed by atoms with Crippen molar-refractivity contribution in [3.05, 3.63) is 29.8 Å². The fourth-order valence-electron chi connectivity index (χ4n) is 2.69. The average Bonchev–Trinajstić information content (AvgIpc) is 2.39. The van der Waals surface area contributed by atoms with Crippen LogP contribution in [0.1, 0.15) is 25.3 Å². The van der Waals surface area contributed by atoms with E-state index in [2.05, 4.69) is 6.92 Å². The average molecular weight is 262 g/mol. The summed E-state index contributed by atoms with van der Waals surface area (Å²) in [6.07, 6.45) is 2.17. The minimum absolute atomic E-state index is 0.156. The Bertz CT molecular complexity index is 448. The van der Waals surface area contributed by atoms with Crippen LogP contribution in [0.2, 0.25) is 0 Å². The Labute approximate surface area is 114 Å². The molecular weight excluding hydrogens is 240 g/mol. The van der Waals surface area contributed by atoms with Crippen LogP contribution in [0.4, 0.5) is 0 Å². The highest BCUT2D eigenvalue weighted by atomic mass is 16.5. The van der Waals surface area contributed by atoms with Gasteiger partial charge in [0.2, 0.25) is 5.91 Å². The second kappa shape index (κ2) is 6.06. The van der Waals surface area contributed by atoms with E-state index in [0.29, 0.717) is 6.42 Å². The highest BCUT2D eigenvalue weighted by Gasteiger charge is 2.27. The number of carbonyl (C=O) groups excluding carboxylic acids is 1. The van der Waals surface area contributed by atoms with Gasteiger partial charge < -0.3 is 15.4 Å². The molecule has 1 heterocycles. The maximum absolute atomic E-state index is 12.4. The number of benzene rings is 1. The van der Waals surface area contributed by atoms with E-state index in [-0.39, 0.29) is 18.0 Å². The van der Waals surface area contributed by atoms with Crippen LogP contribution in [0.15, 0.2) is 24.3 Å².